The van der Waals surface area contributed by atoms with Gasteiger partial charge < -0.3 is 9.47 Å². The SMILES string of the molecule is COc1ccc(N(CC(=O)N/N=C(/C)c2cccc(Br)c2)S(=O)(=O)c2ccccc2)c(OC)c1. The van der Waals surface area contributed by atoms with Gasteiger partial charge in [-0.25, -0.2) is 13.8 Å². The number of sulfonamides is 1. The number of ether oxygens (including phenoxy) is 2. The first-order valence-corrected chi connectivity index (χ1v) is 12.4. The summed E-state index contributed by atoms with van der Waals surface area (Å²) in [4.78, 5) is 12.9. The lowest BCUT2D eigenvalue weighted by Gasteiger charge is -2.25. The smallest absolute Gasteiger partial charge is 0.264 e. The van der Waals surface area contributed by atoms with E-state index in [-0.39, 0.29) is 16.3 Å². The maximum atomic E-state index is 13.5. The molecule has 1 N–H and O–H groups in total. The van der Waals surface area contributed by atoms with Crippen molar-refractivity contribution in [3.63, 3.8) is 0 Å². The van der Waals surface area contributed by atoms with Crippen molar-refractivity contribution in [1.82, 2.24) is 5.43 Å². The topological polar surface area (TPSA) is 97.3 Å². The highest BCUT2D eigenvalue weighted by molar-refractivity contribution is 9.10. The minimum absolute atomic E-state index is 0.0366. The summed E-state index contributed by atoms with van der Waals surface area (Å²) in [6.45, 7) is 1.22. The van der Waals surface area contributed by atoms with Crippen LogP contribution in [0.1, 0.15) is 12.5 Å². The average molecular weight is 546 g/mol. The number of hydrogen-bond donors (Lipinski definition) is 1. The summed E-state index contributed by atoms with van der Waals surface area (Å²) in [5, 5.41) is 4.13. The number of nitrogens with one attached hydrogen (secondary N) is 1. The molecule has 0 aliphatic heterocycles. The van der Waals surface area contributed by atoms with Gasteiger partial charge in [-0.1, -0.05) is 46.3 Å². The summed E-state index contributed by atoms with van der Waals surface area (Å²) in [5.41, 5.74) is 4.01. The van der Waals surface area contributed by atoms with Crippen LogP contribution in [0.5, 0.6) is 11.5 Å². The maximum absolute atomic E-state index is 13.5. The molecule has 0 bridgehead atoms. The predicted molar refractivity (Wildman–Crippen MR) is 135 cm³/mol. The van der Waals surface area contributed by atoms with Crippen molar-refractivity contribution in [3.05, 3.63) is 82.8 Å². The maximum Gasteiger partial charge on any atom is 0.264 e. The van der Waals surface area contributed by atoms with Crippen molar-refractivity contribution in [2.45, 2.75) is 11.8 Å². The third-order valence-corrected chi connectivity index (χ3v) is 7.13. The summed E-state index contributed by atoms with van der Waals surface area (Å²) in [5.74, 6) is 0.101. The molecule has 0 saturated heterocycles. The van der Waals surface area contributed by atoms with E-state index in [4.69, 9.17) is 9.47 Å². The minimum atomic E-state index is -4.10. The van der Waals surface area contributed by atoms with Crippen LogP contribution in [0.2, 0.25) is 0 Å². The van der Waals surface area contributed by atoms with Crippen molar-refractivity contribution >= 4 is 43.3 Å². The van der Waals surface area contributed by atoms with Crippen molar-refractivity contribution in [2.75, 3.05) is 25.1 Å². The molecule has 1 amide bonds. The summed E-state index contributed by atoms with van der Waals surface area (Å²) in [7, 11) is -1.19. The zero-order chi connectivity index (χ0) is 24.7. The molecule has 10 heteroatoms. The van der Waals surface area contributed by atoms with Gasteiger partial charge in [-0.15, -0.1) is 0 Å². The van der Waals surface area contributed by atoms with Gasteiger partial charge in [0.1, 0.15) is 18.0 Å². The molecule has 0 spiro atoms. The van der Waals surface area contributed by atoms with Crippen LogP contribution in [0, 0.1) is 0 Å². The van der Waals surface area contributed by atoms with Crippen LogP contribution in [0.3, 0.4) is 0 Å². The Kier molecular flexibility index (Phi) is 8.30. The molecule has 0 heterocycles. The third-order valence-electron chi connectivity index (χ3n) is 4.86. The number of hydrazone groups is 1. The highest BCUT2D eigenvalue weighted by Gasteiger charge is 2.29. The van der Waals surface area contributed by atoms with Crippen molar-refractivity contribution in [1.29, 1.82) is 0 Å². The van der Waals surface area contributed by atoms with E-state index in [0.717, 1.165) is 14.3 Å². The molecule has 0 aliphatic carbocycles. The van der Waals surface area contributed by atoms with Crippen molar-refractivity contribution < 1.29 is 22.7 Å². The number of carbonyl (C=O) groups excluding carboxylic acids is 1. The van der Waals surface area contributed by atoms with Gasteiger partial charge in [0.15, 0.2) is 0 Å². The van der Waals surface area contributed by atoms with Crippen molar-refractivity contribution in [3.8, 4) is 11.5 Å². The lowest BCUT2D eigenvalue weighted by Crippen LogP contribution is -2.40. The second kappa shape index (κ2) is 11.2. The molecule has 0 fully saturated rings. The van der Waals surface area contributed by atoms with E-state index in [1.54, 1.807) is 37.3 Å². The lowest BCUT2D eigenvalue weighted by molar-refractivity contribution is -0.119. The van der Waals surface area contributed by atoms with Crippen LogP contribution < -0.4 is 19.2 Å². The number of amides is 1. The Morgan fingerprint density at radius 3 is 2.38 bits per heavy atom. The number of benzene rings is 3. The number of carbonyl (C=O) groups is 1. The van der Waals surface area contributed by atoms with E-state index < -0.39 is 22.5 Å². The Morgan fingerprint density at radius 1 is 1.00 bits per heavy atom. The molecule has 0 unspecified atom stereocenters. The molecule has 34 heavy (non-hydrogen) atoms. The van der Waals surface area contributed by atoms with Crippen molar-refractivity contribution in [2.24, 2.45) is 5.10 Å². The Labute approximate surface area is 207 Å². The first kappa shape index (κ1) is 25.3. The fraction of sp³-hybridized carbons (Fsp3) is 0.167. The summed E-state index contributed by atoms with van der Waals surface area (Å²) >= 11 is 3.40. The van der Waals surface area contributed by atoms with E-state index in [2.05, 4.69) is 26.5 Å². The number of rotatable bonds is 9. The average Bonchev–Trinajstić information content (AvgIpc) is 2.85. The largest absolute Gasteiger partial charge is 0.497 e. The van der Waals surface area contributed by atoms with Crippen LogP contribution in [-0.2, 0) is 14.8 Å². The number of anilines is 1. The summed E-state index contributed by atoms with van der Waals surface area (Å²) in [6, 6.07) is 20.0. The Morgan fingerprint density at radius 2 is 1.74 bits per heavy atom. The molecule has 0 saturated carbocycles. The minimum Gasteiger partial charge on any atom is -0.497 e. The monoisotopic (exact) mass is 545 g/mol. The summed E-state index contributed by atoms with van der Waals surface area (Å²) < 4.78 is 39.5. The molecule has 0 atom stereocenters. The number of nitrogens with zero attached hydrogens (tertiary/aromatic N) is 2. The van der Waals surface area contributed by atoms with Gasteiger partial charge in [0.25, 0.3) is 15.9 Å². The van der Waals surface area contributed by atoms with Gasteiger partial charge in [0.05, 0.1) is 30.5 Å². The zero-order valence-electron chi connectivity index (χ0n) is 18.9. The van der Waals surface area contributed by atoms with Gasteiger partial charge in [-0.2, -0.15) is 5.10 Å². The van der Waals surface area contributed by atoms with E-state index in [1.165, 1.54) is 32.4 Å². The highest BCUT2D eigenvalue weighted by Crippen LogP contribution is 2.35. The van der Waals surface area contributed by atoms with Crippen LogP contribution in [-0.4, -0.2) is 40.8 Å². The second-order valence-corrected chi connectivity index (χ2v) is 9.88. The predicted octanol–water partition coefficient (Wildman–Crippen LogP) is 4.20. The molecule has 0 radical (unpaired) electrons. The highest BCUT2D eigenvalue weighted by atomic mass is 79.9. The van der Waals surface area contributed by atoms with E-state index in [9.17, 15) is 13.2 Å². The Hall–Kier alpha value is -3.37. The molecule has 3 rings (SSSR count). The molecular formula is C24H24BrN3O5S. The fourth-order valence-corrected chi connectivity index (χ4v) is 4.95. The standard InChI is InChI=1S/C24H24BrN3O5S/c1-17(18-8-7-9-19(25)14-18)26-27-24(29)16-28(34(30,31)21-10-5-4-6-11-21)22-13-12-20(32-2)15-23(22)33-3/h4-15H,16H2,1-3H3,(H,27,29)/b26-17-. The van der Waals surface area contributed by atoms with E-state index >= 15 is 0 Å². The molecule has 0 aliphatic rings. The van der Waals surface area contributed by atoms with Gasteiger partial charge in [0, 0.05) is 10.5 Å². The number of halogens is 1. The fourth-order valence-electron chi connectivity index (χ4n) is 3.10. The third kappa shape index (κ3) is 5.95. The Bertz CT molecular complexity index is 1300. The molecule has 3 aromatic rings. The van der Waals surface area contributed by atoms with Crippen LogP contribution in [0.25, 0.3) is 0 Å². The second-order valence-electron chi connectivity index (χ2n) is 7.11. The van der Waals surface area contributed by atoms with E-state index in [0.29, 0.717) is 11.5 Å². The van der Waals surface area contributed by atoms with E-state index in [1.807, 2.05) is 24.3 Å². The number of hydrogen-bond acceptors (Lipinski definition) is 6. The molecule has 3 aromatic carbocycles. The van der Waals surface area contributed by atoms with Gasteiger partial charge in [-0.3, -0.25) is 9.10 Å². The summed E-state index contributed by atoms with van der Waals surface area (Å²) in [6.07, 6.45) is 0. The lowest BCUT2D eigenvalue weighted by atomic mass is 10.1. The molecule has 8 nitrogen and oxygen atoms in total. The van der Waals surface area contributed by atoms with Crippen LogP contribution in [0.4, 0.5) is 5.69 Å². The normalized spacial score (nSPS) is 11.6. The quantitative estimate of drug-likeness (QED) is 0.321. The van der Waals surface area contributed by atoms with Gasteiger partial charge in [-0.05, 0) is 48.9 Å². The van der Waals surface area contributed by atoms with Crippen LogP contribution >= 0.6 is 15.9 Å². The number of methoxy groups -OCH3 is 2. The molecular weight excluding hydrogens is 522 g/mol. The zero-order valence-corrected chi connectivity index (χ0v) is 21.3. The van der Waals surface area contributed by atoms with Crippen LogP contribution in [0.15, 0.2) is 87.3 Å². The van der Waals surface area contributed by atoms with Gasteiger partial charge >= 0.3 is 0 Å². The first-order valence-electron chi connectivity index (χ1n) is 10.1. The molecule has 178 valence electrons. The first-order chi connectivity index (χ1) is 16.3. The van der Waals surface area contributed by atoms with Gasteiger partial charge in [0.2, 0.25) is 0 Å². The Balaban J connectivity index is 1.95. The molecule has 0 aromatic heterocycles.